The van der Waals surface area contributed by atoms with E-state index < -0.39 is 11.9 Å². The van der Waals surface area contributed by atoms with Gasteiger partial charge >= 0.3 is 16.8 Å². The molecule has 253 valence electrons. The molecular formula is C36H54CoN2O6. The van der Waals surface area contributed by atoms with Gasteiger partial charge in [-0.2, -0.15) is 0 Å². The molecular weight excluding hydrogens is 615 g/mol. The first-order valence-corrected chi connectivity index (χ1v) is 16.0. The number of carbonyl (C=O) groups is 2. The van der Waals surface area contributed by atoms with Gasteiger partial charge in [0.15, 0.2) is 0 Å². The molecule has 2 N–H and O–H groups in total. The van der Waals surface area contributed by atoms with Crippen molar-refractivity contribution < 1.29 is 46.8 Å². The number of phenolic OH excluding ortho intramolecular Hbond substituents is 2. The summed E-state index contributed by atoms with van der Waals surface area (Å²) in [6.07, 6.45) is 16.4. The third-order valence-electron chi connectivity index (χ3n) is 6.61. The molecule has 8 nitrogen and oxygen atoms in total. The normalized spacial score (nSPS) is 10.5. The van der Waals surface area contributed by atoms with Crippen LogP contribution in [0.4, 0.5) is 0 Å². The number of hydrogen-bond donors (Lipinski definition) is 2. The van der Waals surface area contributed by atoms with E-state index in [2.05, 4.69) is 61.9 Å². The average Bonchev–Trinajstić information content (AvgIpc) is 2.96. The Bertz CT molecular complexity index is 1080. The van der Waals surface area contributed by atoms with Gasteiger partial charge in [0.25, 0.3) is 0 Å². The number of aryl methyl sites for hydroxylation is 4. The largest absolute Gasteiger partial charge is 2.00 e. The Kier molecular flexibility index (Phi) is 26.5. The Morgan fingerprint density at radius 3 is 1.20 bits per heavy atom. The van der Waals surface area contributed by atoms with Crippen molar-refractivity contribution in [1.29, 1.82) is 0 Å². The molecule has 0 bridgehead atoms. The van der Waals surface area contributed by atoms with E-state index in [9.17, 15) is 10.2 Å². The molecule has 2 aromatic rings. The van der Waals surface area contributed by atoms with Crippen LogP contribution >= 0.6 is 0 Å². The van der Waals surface area contributed by atoms with Crippen LogP contribution < -0.4 is 10.2 Å². The third-order valence-corrected chi connectivity index (χ3v) is 6.61. The minimum Gasteiger partial charge on any atom is -0.550 e. The SMILES string of the molecule is CC(=O)[O-].CC(=O)[O-].CCCCc1cc(C=NCCN=Cc2cc(CCCC)cc(CCCC)c2O)c(O)c(CCCC)c1.[Co+2]. The summed E-state index contributed by atoms with van der Waals surface area (Å²) in [7, 11) is 0. The van der Waals surface area contributed by atoms with Crippen molar-refractivity contribution in [3.05, 3.63) is 57.6 Å². The van der Waals surface area contributed by atoms with Crippen LogP contribution in [-0.4, -0.2) is 47.7 Å². The number of unbranched alkanes of at least 4 members (excludes halogenated alkanes) is 4. The van der Waals surface area contributed by atoms with Crippen LogP contribution in [0.2, 0.25) is 0 Å². The summed E-state index contributed by atoms with van der Waals surface area (Å²) in [5.74, 6) is -1.44. The molecule has 0 saturated heterocycles. The van der Waals surface area contributed by atoms with E-state index in [1.807, 2.05) is 0 Å². The van der Waals surface area contributed by atoms with Gasteiger partial charge in [-0.3, -0.25) is 9.98 Å². The van der Waals surface area contributed by atoms with E-state index in [1.54, 1.807) is 12.4 Å². The van der Waals surface area contributed by atoms with Gasteiger partial charge in [-0.1, -0.05) is 65.5 Å². The maximum absolute atomic E-state index is 10.8. The van der Waals surface area contributed by atoms with Gasteiger partial charge in [0.2, 0.25) is 0 Å². The van der Waals surface area contributed by atoms with Crippen molar-refractivity contribution >= 4 is 24.4 Å². The minimum atomic E-state index is -1.08. The molecule has 0 atom stereocenters. The van der Waals surface area contributed by atoms with Gasteiger partial charge in [-0.05, 0) is 99.6 Å². The number of nitrogens with zero attached hydrogens (tertiary/aromatic N) is 2. The topological polar surface area (TPSA) is 145 Å². The van der Waals surface area contributed by atoms with Crippen LogP contribution in [-0.2, 0) is 52.1 Å². The Morgan fingerprint density at radius 2 is 0.911 bits per heavy atom. The molecule has 0 heterocycles. The monoisotopic (exact) mass is 669 g/mol. The second-order valence-electron chi connectivity index (χ2n) is 10.9. The molecule has 0 unspecified atom stereocenters. The first kappa shape index (κ1) is 44.0. The van der Waals surface area contributed by atoms with Crippen molar-refractivity contribution in [2.24, 2.45) is 9.98 Å². The van der Waals surface area contributed by atoms with Gasteiger partial charge < -0.3 is 30.0 Å². The first-order valence-electron chi connectivity index (χ1n) is 16.0. The second kappa shape index (κ2) is 27.2. The zero-order valence-corrected chi connectivity index (χ0v) is 29.2. The fourth-order valence-electron chi connectivity index (χ4n) is 4.38. The number of rotatable bonds is 17. The van der Waals surface area contributed by atoms with Crippen molar-refractivity contribution in [3.63, 3.8) is 0 Å². The second-order valence-corrected chi connectivity index (χ2v) is 10.9. The standard InChI is InChI=1S/C32H48N2O2.2C2H4O2.Co/c1-5-9-13-25-19-27(15-11-7-3)31(35)29(21-25)23-33-17-18-34-24-30-22-26(14-10-6-2)20-28(32(30)36)16-12-8-4;2*1-2(3)4;/h19-24,35-36H,5-18H2,1-4H3;2*1H3,(H,3,4);/q;;;+2/p-2. The molecule has 0 amide bonds. The Morgan fingerprint density at radius 1 is 0.622 bits per heavy atom. The molecule has 0 aliphatic rings. The minimum absolute atomic E-state index is 0. The maximum Gasteiger partial charge on any atom is 2.00 e. The number of aromatic hydroxyl groups is 2. The number of hydrogen-bond acceptors (Lipinski definition) is 8. The zero-order chi connectivity index (χ0) is 33.3. The molecule has 0 fully saturated rings. The van der Waals surface area contributed by atoms with E-state index in [0.717, 1.165) is 113 Å². The van der Waals surface area contributed by atoms with Crippen LogP contribution in [0, 0.1) is 0 Å². The van der Waals surface area contributed by atoms with Crippen LogP contribution in [0.1, 0.15) is 126 Å². The Labute approximate surface area is 281 Å². The van der Waals surface area contributed by atoms with E-state index in [4.69, 9.17) is 19.8 Å². The summed E-state index contributed by atoms with van der Waals surface area (Å²) < 4.78 is 0. The van der Waals surface area contributed by atoms with Crippen molar-refractivity contribution in [2.45, 2.75) is 119 Å². The molecule has 1 radical (unpaired) electrons. The van der Waals surface area contributed by atoms with Crippen molar-refractivity contribution in [3.8, 4) is 11.5 Å². The van der Waals surface area contributed by atoms with Crippen LogP contribution in [0.3, 0.4) is 0 Å². The maximum atomic E-state index is 10.8. The third kappa shape index (κ3) is 21.2. The van der Waals surface area contributed by atoms with Gasteiger partial charge in [0, 0.05) is 35.5 Å². The zero-order valence-electron chi connectivity index (χ0n) is 28.1. The molecule has 0 aromatic heterocycles. The summed E-state index contributed by atoms with van der Waals surface area (Å²) in [6.45, 7) is 11.8. The Balaban J connectivity index is 0. The van der Waals surface area contributed by atoms with E-state index in [1.165, 1.54) is 11.1 Å². The van der Waals surface area contributed by atoms with Gasteiger partial charge in [-0.15, -0.1) is 0 Å². The van der Waals surface area contributed by atoms with E-state index in [-0.39, 0.29) is 16.8 Å². The van der Waals surface area contributed by atoms with Gasteiger partial charge in [0.1, 0.15) is 11.5 Å². The van der Waals surface area contributed by atoms with Crippen molar-refractivity contribution in [1.82, 2.24) is 0 Å². The number of carboxylic acid groups (broad SMARTS) is 2. The van der Waals surface area contributed by atoms with Crippen LogP contribution in [0.5, 0.6) is 11.5 Å². The number of carboxylic acids is 2. The fourth-order valence-corrected chi connectivity index (χ4v) is 4.38. The molecule has 0 aliphatic carbocycles. The predicted molar refractivity (Wildman–Crippen MR) is 177 cm³/mol. The van der Waals surface area contributed by atoms with Gasteiger partial charge in [0.05, 0.1) is 13.1 Å². The molecule has 2 rings (SSSR count). The quantitative estimate of drug-likeness (QED) is 0.168. The number of phenols is 2. The van der Waals surface area contributed by atoms with E-state index >= 15 is 0 Å². The number of benzene rings is 2. The van der Waals surface area contributed by atoms with Crippen molar-refractivity contribution in [2.75, 3.05) is 13.1 Å². The molecule has 45 heavy (non-hydrogen) atoms. The Hall–Kier alpha value is -3.17. The smallest absolute Gasteiger partial charge is 0.550 e. The average molecular weight is 670 g/mol. The summed E-state index contributed by atoms with van der Waals surface area (Å²) >= 11 is 0. The summed E-state index contributed by atoms with van der Waals surface area (Å²) in [6, 6.07) is 8.48. The number of aliphatic carboxylic acids is 2. The summed E-state index contributed by atoms with van der Waals surface area (Å²) in [5, 5.41) is 39.3. The van der Waals surface area contributed by atoms with Crippen LogP contribution in [0.15, 0.2) is 34.3 Å². The molecule has 0 aliphatic heterocycles. The molecule has 2 aromatic carbocycles. The molecule has 0 spiro atoms. The number of carbonyl (C=O) groups excluding carboxylic acids is 2. The first-order chi connectivity index (χ1) is 21.0. The fraction of sp³-hybridized carbons (Fsp3) is 0.556. The molecule has 9 heteroatoms. The number of aliphatic imine (C=N–C) groups is 2. The van der Waals surface area contributed by atoms with Gasteiger partial charge in [-0.25, -0.2) is 0 Å². The predicted octanol–water partition coefficient (Wildman–Crippen LogP) is 5.52. The summed E-state index contributed by atoms with van der Waals surface area (Å²) in [4.78, 5) is 26.9. The molecule has 0 saturated carbocycles. The van der Waals surface area contributed by atoms with Crippen LogP contribution in [0.25, 0.3) is 0 Å². The summed E-state index contributed by atoms with van der Waals surface area (Å²) in [5.41, 5.74) is 6.22. The van der Waals surface area contributed by atoms with E-state index in [0.29, 0.717) is 24.6 Å².